The van der Waals surface area contributed by atoms with E-state index in [1.807, 2.05) is 6.07 Å². The Morgan fingerprint density at radius 1 is 1.06 bits per heavy atom. The minimum Gasteiger partial charge on any atom is -0.481 e. The van der Waals surface area contributed by atoms with Gasteiger partial charge in [-0.25, -0.2) is 13.8 Å². The van der Waals surface area contributed by atoms with Gasteiger partial charge in [-0.05, 0) is 53.6 Å². The van der Waals surface area contributed by atoms with Crippen LogP contribution in [-0.2, 0) is 11.2 Å². The van der Waals surface area contributed by atoms with Crippen molar-refractivity contribution in [2.24, 2.45) is 0 Å². The molecule has 4 rings (SSSR count). The van der Waals surface area contributed by atoms with E-state index < -0.39 is 23.3 Å². The molecule has 1 aliphatic rings. The summed E-state index contributed by atoms with van der Waals surface area (Å²) in [5.74, 6) is 3.34. The monoisotopic (exact) mass is 430 g/mol. The van der Waals surface area contributed by atoms with Gasteiger partial charge in [0.25, 0.3) is 5.91 Å². The molecule has 158 valence electrons. The van der Waals surface area contributed by atoms with Crippen LogP contribution in [-0.4, -0.2) is 23.8 Å². The highest BCUT2D eigenvalue weighted by molar-refractivity contribution is 6.36. The van der Waals surface area contributed by atoms with Gasteiger partial charge >= 0.3 is 0 Å². The van der Waals surface area contributed by atoms with Crippen LogP contribution in [0.25, 0.3) is 6.08 Å². The van der Waals surface area contributed by atoms with Gasteiger partial charge in [0.2, 0.25) is 11.7 Å². The van der Waals surface area contributed by atoms with Crippen molar-refractivity contribution in [1.29, 1.82) is 0 Å². The van der Waals surface area contributed by atoms with Crippen LogP contribution >= 0.6 is 0 Å². The standard InChI is InChI=1S/C25H16F2N2O3/c1-32-23-14-16(9-10-28-23)4-2-3-15-6-8-22-18(11-15)24(30)19(25(31)29-22)12-17-5-7-20(26)21(27)13-17/h5-14H,4H2,1H3,(H,29,31). The van der Waals surface area contributed by atoms with Gasteiger partial charge in [-0.1, -0.05) is 17.9 Å². The Bertz CT molecular complexity index is 1340. The molecule has 3 aromatic rings. The molecular formula is C25H16F2N2O3. The number of hydrogen-bond acceptors (Lipinski definition) is 4. The predicted molar refractivity (Wildman–Crippen MR) is 115 cm³/mol. The van der Waals surface area contributed by atoms with Gasteiger partial charge in [0, 0.05) is 29.8 Å². The van der Waals surface area contributed by atoms with Crippen molar-refractivity contribution in [2.75, 3.05) is 12.4 Å². The highest BCUT2D eigenvalue weighted by Gasteiger charge is 2.28. The van der Waals surface area contributed by atoms with E-state index in [0.717, 1.165) is 17.7 Å². The van der Waals surface area contributed by atoms with Crippen LogP contribution in [0.4, 0.5) is 14.5 Å². The van der Waals surface area contributed by atoms with Crippen LogP contribution in [0.5, 0.6) is 5.88 Å². The molecule has 32 heavy (non-hydrogen) atoms. The number of rotatable bonds is 3. The van der Waals surface area contributed by atoms with Crippen LogP contribution in [0.2, 0.25) is 0 Å². The van der Waals surface area contributed by atoms with Crippen molar-refractivity contribution in [3.8, 4) is 17.7 Å². The number of halogens is 2. The summed E-state index contributed by atoms with van der Waals surface area (Å²) in [7, 11) is 1.54. The Kier molecular flexibility index (Phi) is 5.77. The second-order valence-corrected chi connectivity index (χ2v) is 6.96. The van der Waals surface area contributed by atoms with Gasteiger partial charge in [-0.15, -0.1) is 0 Å². The number of hydrogen-bond donors (Lipinski definition) is 1. The van der Waals surface area contributed by atoms with E-state index in [2.05, 4.69) is 22.1 Å². The maximum absolute atomic E-state index is 13.5. The van der Waals surface area contributed by atoms with E-state index in [4.69, 9.17) is 4.74 Å². The molecule has 0 spiro atoms. The number of pyridine rings is 1. The zero-order valence-corrected chi connectivity index (χ0v) is 16.9. The Morgan fingerprint density at radius 3 is 2.69 bits per heavy atom. The molecule has 1 aliphatic heterocycles. The number of fused-ring (bicyclic) bond motifs is 1. The maximum atomic E-state index is 13.5. The average molecular weight is 430 g/mol. The molecule has 0 saturated carbocycles. The lowest BCUT2D eigenvalue weighted by Crippen LogP contribution is -2.27. The third kappa shape index (κ3) is 4.40. The number of methoxy groups -OCH3 is 1. The normalized spacial score (nSPS) is 13.8. The number of carbonyl (C=O) groups excluding carboxylic acids is 2. The van der Waals surface area contributed by atoms with E-state index in [9.17, 15) is 18.4 Å². The highest BCUT2D eigenvalue weighted by Crippen LogP contribution is 2.27. The number of nitrogens with one attached hydrogen (secondary N) is 1. The Balaban J connectivity index is 1.60. The first-order chi connectivity index (χ1) is 15.4. The van der Waals surface area contributed by atoms with Crippen molar-refractivity contribution < 1.29 is 23.1 Å². The summed E-state index contributed by atoms with van der Waals surface area (Å²) in [5.41, 5.74) is 2.21. The van der Waals surface area contributed by atoms with E-state index in [1.165, 1.54) is 19.3 Å². The van der Waals surface area contributed by atoms with Crippen molar-refractivity contribution in [1.82, 2.24) is 4.98 Å². The topological polar surface area (TPSA) is 68.3 Å². The predicted octanol–water partition coefficient (Wildman–Crippen LogP) is 4.18. The zero-order chi connectivity index (χ0) is 22.7. The molecule has 0 fully saturated rings. The SMILES string of the molecule is COc1cc(CC#Cc2ccc3c(c2)C(=O)C(=Cc2ccc(F)c(F)c2)C(=O)N3)ccn1. The summed E-state index contributed by atoms with van der Waals surface area (Å²) in [6.45, 7) is 0. The second-order valence-electron chi connectivity index (χ2n) is 6.96. The number of ether oxygens (including phenoxy) is 1. The van der Waals surface area contributed by atoms with E-state index >= 15 is 0 Å². The molecular weight excluding hydrogens is 414 g/mol. The summed E-state index contributed by atoms with van der Waals surface area (Å²) in [4.78, 5) is 29.4. The number of amides is 1. The van der Waals surface area contributed by atoms with Crippen LogP contribution in [0.3, 0.4) is 0 Å². The number of Topliss-reactive ketones (excluding diaryl/α,β-unsaturated/α-hetero) is 1. The fraction of sp³-hybridized carbons (Fsp3) is 0.0800. The zero-order valence-electron chi connectivity index (χ0n) is 16.9. The number of ketones is 1. The van der Waals surface area contributed by atoms with Gasteiger partial charge in [0.05, 0.1) is 18.4 Å². The number of benzene rings is 2. The summed E-state index contributed by atoms with van der Waals surface area (Å²) in [6.07, 6.45) is 3.33. The Hall–Kier alpha value is -4.31. The van der Waals surface area contributed by atoms with E-state index in [-0.39, 0.29) is 16.7 Å². The molecule has 2 heterocycles. The molecule has 1 amide bonds. The molecule has 7 heteroatoms. The minimum absolute atomic E-state index is 0.169. The third-order valence-corrected chi connectivity index (χ3v) is 4.79. The molecule has 2 aromatic carbocycles. The largest absolute Gasteiger partial charge is 0.481 e. The molecule has 0 bridgehead atoms. The van der Waals surface area contributed by atoms with Crippen LogP contribution in [0.15, 0.2) is 60.3 Å². The van der Waals surface area contributed by atoms with Gasteiger partial charge in [0.15, 0.2) is 11.6 Å². The fourth-order valence-electron chi connectivity index (χ4n) is 3.18. The first-order valence-corrected chi connectivity index (χ1v) is 9.59. The van der Waals surface area contributed by atoms with Crippen molar-refractivity contribution in [2.45, 2.75) is 6.42 Å². The third-order valence-electron chi connectivity index (χ3n) is 4.79. The molecule has 5 nitrogen and oxygen atoms in total. The minimum atomic E-state index is -1.06. The van der Waals surface area contributed by atoms with Gasteiger partial charge in [0.1, 0.15) is 0 Å². The average Bonchev–Trinajstić information content (AvgIpc) is 2.79. The first kappa shape index (κ1) is 20.9. The van der Waals surface area contributed by atoms with Gasteiger partial charge in [-0.2, -0.15) is 0 Å². The van der Waals surface area contributed by atoms with Crippen LogP contribution < -0.4 is 10.1 Å². The molecule has 0 atom stereocenters. The maximum Gasteiger partial charge on any atom is 0.259 e. The molecule has 0 radical (unpaired) electrons. The Labute approximate surface area is 182 Å². The molecule has 1 aromatic heterocycles. The molecule has 1 N–H and O–H groups in total. The van der Waals surface area contributed by atoms with Crippen molar-refractivity contribution in [3.63, 3.8) is 0 Å². The molecule has 0 unspecified atom stereocenters. The van der Waals surface area contributed by atoms with Gasteiger partial charge < -0.3 is 10.1 Å². The lowest BCUT2D eigenvalue weighted by Gasteiger charge is -2.18. The van der Waals surface area contributed by atoms with Crippen molar-refractivity contribution in [3.05, 3.63) is 94.2 Å². The lowest BCUT2D eigenvalue weighted by molar-refractivity contribution is -0.112. The summed E-state index contributed by atoms with van der Waals surface area (Å²) >= 11 is 0. The lowest BCUT2D eigenvalue weighted by atomic mass is 9.93. The fourth-order valence-corrected chi connectivity index (χ4v) is 3.18. The summed E-state index contributed by atoms with van der Waals surface area (Å²) < 4.78 is 31.7. The number of anilines is 1. The highest BCUT2D eigenvalue weighted by atomic mass is 19.2. The molecule has 0 aliphatic carbocycles. The summed E-state index contributed by atoms with van der Waals surface area (Å²) in [6, 6.07) is 11.7. The molecule has 0 saturated heterocycles. The number of nitrogens with zero attached hydrogens (tertiary/aromatic N) is 1. The van der Waals surface area contributed by atoms with Crippen LogP contribution in [0, 0.1) is 23.5 Å². The second kappa shape index (κ2) is 8.82. The summed E-state index contributed by atoms with van der Waals surface area (Å²) in [5, 5.41) is 2.64. The first-order valence-electron chi connectivity index (χ1n) is 9.59. The quantitative estimate of drug-likeness (QED) is 0.385. The van der Waals surface area contributed by atoms with E-state index in [1.54, 1.807) is 30.5 Å². The van der Waals surface area contributed by atoms with Gasteiger partial charge in [-0.3, -0.25) is 9.59 Å². The van der Waals surface area contributed by atoms with Crippen molar-refractivity contribution >= 4 is 23.5 Å². The number of aromatic nitrogens is 1. The smallest absolute Gasteiger partial charge is 0.259 e. The number of carbonyl (C=O) groups is 2. The van der Waals surface area contributed by atoms with E-state index in [0.29, 0.717) is 23.6 Å². The Morgan fingerprint density at radius 2 is 1.91 bits per heavy atom. The van der Waals surface area contributed by atoms with Crippen LogP contribution in [0.1, 0.15) is 27.0 Å².